The Labute approximate surface area is 99.3 Å². The number of nitrogens with zero attached hydrogens (tertiary/aromatic N) is 1. The van der Waals surface area contributed by atoms with Crippen molar-refractivity contribution in [2.75, 3.05) is 6.61 Å². The van der Waals surface area contributed by atoms with Gasteiger partial charge in [-0.25, -0.2) is 4.98 Å². The molecule has 2 aromatic rings. The van der Waals surface area contributed by atoms with Crippen LogP contribution < -0.4 is 10.3 Å². The molecule has 1 aromatic heterocycles. The second-order valence-electron chi connectivity index (χ2n) is 3.66. The van der Waals surface area contributed by atoms with Crippen LogP contribution in [0, 0.1) is 0 Å². The predicted octanol–water partition coefficient (Wildman–Crippen LogP) is 1.78. The molecule has 0 aliphatic carbocycles. The Morgan fingerprint density at radius 3 is 2.82 bits per heavy atom. The number of hydrogen-bond donors (Lipinski definition) is 1. The van der Waals surface area contributed by atoms with Crippen molar-refractivity contribution < 1.29 is 4.74 Å². The van der Waals surface area contributed by atoms with Gasteiger partial charge in [0.05, 0.1) is 6.61 Å². The Balaban J connectivity index is 1.78. The molecule has 4 nitrogen and oxygen atoms in total. The lowest BCUT2D eigenvalue weighted by atomic mass is 10.1. The van der Waals surface area contributed by atoms with E-state index in [1.165, 1.54) is 18.0 Å². The van der Waals surface area contributed by atoms with Crippen LogP contribution in [0.4, 0.5) is 0 Å². The molecule has 4 heteroatoms. The van der Waals surface area contributed by atoms with Gasteiger partial charge >= 0.3 is 5.56 Å². The number of ether oxygens (including phenoxy) is 1. The van der Waals surface area contributed by atoms with Gasteiger partial charge in [0, 0.05) is 12.4 Å². The number of rotatable bonds is 5. The fourth-order valence-electron chi connectivity index (χ4n) is 1.53. The molecule has 0 radical (unpaired) electrons. The largest absolute Gasteiger partial charge is 0.474 e. The molecule has 1 aromatic carbocycles. The second kappa shape index (κ2) is 5.84. The summed E-state index contributed by atoms with van der Waals surface area (Å²) in [5.41, 5.74) is 0.984. The lowest BCUT2D eigenvalue weighted by Gasteiger charge is -2.03. The van der Waals surface area contributed by atoms with Crippen molar-refractivity contribution in [3.8, 4) is 5.88 Å². The molecular formula is C13H14N2O2. The Kier molecular flexibility index (Phi) is 3.91. The van der Waals surface area contributed by atoms with Gasteiger partial charge in [-0.2, -0.15) is 0 Å². The van der Waals surface area contributed by atoms with E-state index in [1.807, 2.05) is 18.2 Å². The molecule has 0 fully saturated rings. The Morgan fingerprint density at radius 1 is 1.24 bits per heavy atom. The zero-order chi connectivity index (χ0) is 11.9. The van der Waals surface area contributed by atoms with Crippen LogP contribution in [0.25, 0.3) is 0 Å². The predicted molar refractivity (Wildman–Crippen MR) is 65.1 cm³/mol. The number of aryl methyl sites for hydroxylation is 1. The summed E-state index contributed by atoms with van der Waals surface area (Å²) >= 11 is 0. The van der Waals surface area contributed by atoms with Crippen LogP contribution in [0.2, 0.25) is 0 Å². The minimum absolute atomic E-state index is 0.139. The molecule has 2 rings (SSSR count). The highest BCUT2D eigenvalue weighted by Crippen LogP contribution is 2.03. The van der Waals surface area contributed by atoms with Gasteiger partial charge in [0.2, 0.25) is 0 Å². The number of aromatic nitrogens is 2. The third-order valence-corrected chi connectivity index (χ3v) is 2.37. The molecule has 0 spiro atoms. The Morgan fingerprint density at radius 2 is 2.06 bits per heavy atom. The maximum atomic E-state index is 11.2. The normalized spacial score (nSPS) is 10.1. The van der Waals surface area contributed by atoms with Crippen LogP contribution in [0.5, 0.6) is 5.88 Å². The van der Waals surface area contributed by atoms with E-state index in [4.69, 9.17) is 4.74 Å². The van der Waals surface area contributed by atoms with E-state index in [0.29, 0.717) is 6.61 Å². The van der Waals surface area contributed by atoms with Gasteiger partial charge in [-0.3, -0.25) is 4.79 Å². The van der Waals surface area contributed by atoms with Crippen LogP contribution in [-0.2, 0) is 6.42 Å². The van der Waals surface area contributed by atoms with E-state index in [9.17, 15) is 4.79 Å². The van der Waals surface area contributed by atoms with E-state index in [2.05, 4.69) is 22.1 Å². The summed E-state index contributed by atoms with van der Waals surface area (Å²) in [6.45, 7) is 0.495. The first-order valence-corrected chi connectivity index (χ1v) is 5.56. The van der Waals surface area contributed by atoms with E-state index in [1.54, 1.807) is 0 Å². The van der Waals surface area contributed by atoms with Crippen molar-refractivity contribution in [2.24, 2.45) is 0 Å². The summed E-state index contributed by atoms with van der Waals surface area (Å²) < 4.78 is 5.30. The molecule has 88 valence electrons. The summed E-state index contributed by atoms with van der Waals surface area (Å²) in [7, 11) is 0. The highest BCUT2D eigenvalue weighted by molar-refractivity contribution is 5.14. The van der Waals surface area contributed by atoms with Crippen LogP contribution in [0.3, 0.4) is 0 Å². The standard InChI is InChI=1S/C13H14N2O2/c16-12-13(15-9-8-14-12)17-10-4-7-11-5-2-1-3-6-11/h1-3,5-6,8-9H,4,7,10H2,(H,14,16). The second-order valence-corrected chi connectivity index (χ2v) is 3.66. The third-order valence-electron chi connectivity index (χ3n) is 2.37. The molecule has 0 saturated carbocycles. The lowest BCUT2D eigenvalue weighted by Crippen LogP contribution is -2.13. The summed E-state index contributed by atoms with van der Waals surface area (Å²) in [5, 5.41) is 0. The average molecular weight is 230 g/mol. The lowest BCUT2D eigenvalue weighted by molar-refractivity contribution is 0.294. The number of H-pyrrole nitrogens is 1. The van der Waals surface area contributed by atoms with E-state index in [-0.39, 0.29) is 11.4 Å². The molecule has 0 aliphatic heterocycles. The van der Waals surface area contributed by atoms with Crippen LogP contribution in [0.1, 0.15) is 12.0 Å². The first-order valence-electron chi connectivity index (χ1n) is 5.56. The van der Waals surface area contributed by atoms with Crippen molar-refractivity contribution in [1.82, 2.24) is 9.97 Å². The first kappa shape index (κ1) is 11.4. The van der Waals surface area contributed by atoms with Crippen LogP contribution in [-0.4, -0.2) is 16.6 Å². The van der Waals surface area contributed by atoms with Gasteiger partial charge < -0.3 is 9.72 Å². The minimum atomic E-state index is -0.285. The molecule has 1 heterocycles. The van der Waals surface area contributed by atoms with Crippen LogP contribution >= 0.6 is 0 Å². The maximum Gasteiger partial charge on any atom is 0.310 e. The zero-order valence-electron chi connectivity index (χ0n) is 9.43. The van der Waals surface area contributed by atoms with E-state index in [0.717, 1.165) is 12.8 Å². The SMILES string of the molecule is O=c1[nH]ccnc1OCCCc1ccccc1. The van der Waals surface area contributed by atoms with Crippen LogP contribution in [0.15, 0.2) is 47.5 Å². The molecule has 0 atom stereocenters. The number of hydrogen-bond acceptors (Lipinski definition) is 3. The molecule has 1 N–H and O–H groups in total. The fraction of sp³-hybridized carbons (Fsp3) is 0.231. The van der Waals surface area contributed by atoms with Gasteiger partial charge in [0.15, 0.2) is 0 Å². The van der Waals surface area contributed by atoms with E-state index >= 15 is 0 Å². The molecule has 17 heavy (non-hydrogen) atoms. The van der Waals surface area contributed by atoms with Crippen molar-refractivity contribution >= 4 is 0 Å². The molecular weight excluding hydrogens is 216 g/mol. The monoisotopic (exact) mass is 230 g/mol. The summed E-state index contributed by atoms with van der Waals surface area (Å²) in [6.07, 6.45) is 4.79. The van der Waals surface area contributed by atoms with Crippen molar-refractivity contribution in [3.63, 3.8) is 0 Å². The first-order chi connectivity index (χ1) is 8.36. The van der Waals surface area contributed by atoms with E-state index < -0.39 is 0 Å². The zero-order valence-corrected chi connectivity index (χ0v) is 9.43. The molecule has 0 aliphatic rings. The number of nitrogens with one attached hydrogen (secondary N) is 1. The Hall–Kier alpha value is -2.10. The maximum absolute atomic E-state index is 11.2. The van der Waals surface area contributed by atoms with Crippen molar-refractivity contribution in [2.45, 2.75) is 12.8 Å². The minimum Gasteiger partial charge on any atom is -0.474 e. The topological polar surface area (TPSA) is 55.0 Å². The van der Waals surface area contributed by atoms with Gasteiger partial charge in [-0.05, 0) is 18.4 Å². The fourth-order valence-corrected chi connectivity index (χ4v) is 1.53. The summed E-state index contributed by atoms with van der Waals surface area (Å²) in [6, 6.07) is 10.2. The number of aromatic amines is 1. The molecule has 0 bridgehead atoms. The molecule has 0 unspecified atom stereocenters. The summed E-state index contributed by atoms with van der Waals surface area (Å²) in [4.78, 5) is 17.6. The molecule has 0 saturated heterocycles. The Bertz CT molecular complexity index is 508. The molecule has 0 amide bonds. The smallest absolute Gasteiger partial charge is 0.310 e. The third kappa shape index (κ3) is 3.45. The van der Waals surface area contributed by atoms with Gasteiger partial charge in [-0.15, -0.1) is 0 Å². The highest BCUT2D eigenvalue weighted by Gasteiger charge is 2.00. The van der Waals surface area contributed by atoms with Crippen molar-refractivity contribution in [1.29, 1.82) is 0 Å². The number of benzene rings is 1. The average Bonchev–Trinajstić information content (AvgIpc) is 2.38. The van der Waals surface area contributed by atoms with Gasteiger partial charge in [0.25, 0.3) is 5.88 Å². The van der Waals surface area contributed by atoms with Crippen molar-refractivity contribution in [3.05, 3.63) is 58.6 Å². The summed E-state index contributed by atoms with van der Waals surface area (Å²) in [5.74, 6) is 0.139. The van der Waals surface area contributed by atoms with Gasteiger partial charge in [0.1, 0.15) is 0 Å². The highest BCUT2D eigenvalue weighted by atomic mass is 16.5. The van der Waals surface area contributed by atoms with Gasteiger partial charge in [-0.1, -0.05) is 30.3 Å². The quantitative estimate of drug-likeness (QED) is 0.796.